The number of ether oxygens (including phenoxy) is 4. The average Bonchev–Trinajstić information content (AvgIpc) is 2.93. The Bertz CT molecular complexity index is 653. The molecule has 2 saturated heterocycles. The van der Waals surface area contributed by atoms with Gasteiger partial charge in [0.1, 0.15) is 6.10 Å². The minimum absolute atomic E-state index is 0.114. The van der Waals surface area contributed by atoms with Gasteiger partial charge in [0.05, 0.1) is 19.5 Å². The van der Waals surface area contributed by atoms with Crippen LogP contribution in [-0.4, -0.2) is 65.6 Å². The third kappa shape index (κ3) is 5.61. The Morgan fingerprint density at radius 2 is 1.47 bits per heavy atom. The van der Waals surface area contributed by atoms with Crippen LogP contribution in [0, 0.1) is 23.7 Å². The number of carbonyl (C=O) groups is 1. The SMILES string of the molecule is CS(=O)(=O)OC1CC2[C@H](COC3CCCCO3)C(CC1=O)[C@@H]2COC1CCCCO1. The molecule has 0 aromatic carbocycles. The Kier molecular flexibility index (Phi) is 7.47. The van der Waals surface area contributed by atoms with Crippen LogP contribution in [-0.2, 0) is 38.0 Å². The molecule has 172 valence electrons. The van der Waals surface area contributed by atoms with E-state index in [2.05, 4.69) is 0 Å². The summed E-state index contributed by atoms with van der Waals surface area (Å²) in [6.07, 6.45) is 6.56. The van der Waals surface area contributed by atoms with Gasteiger partial charge in [-0.05, 0) is 68.6 Å². The fraction of sp³-hybridized carbons (Fsp3) is 0.952. The van der Waals surface area contributed by atoms with E-state index in [1.54, 1.807) is 0 Å². The van der Waals surface area contributed by atoms with Crippen molar-refractivity contribution in [1.29, 1.82) is 0 Å². The zero-order valence-electron chi connectivity index (χ0n) is 17.7. The molecule has 8 nitrogen and oxygen atoms in total. The van der Waals surface area contributed by atoms with Gasteiger partial charge < -0.3 is 18.9 Å². The van der Waals surface area contributed by atoms with Crippen LogP contribution in [0.2, 0.25) is 0 Å². The van der Waals surface area contributed by atoms with Gasteiger partial charge in [-0.3, -0.25) is 8.98 Å². The zero-order chi connectivity index (χ0) is 21.1. The van der Waals surface area contributed by atoms with Crippen LogP contribution in [0.25, 0.3) is 0 Å². The number of Topliss-reactive ketones (excluding diaryl/α,β-unsaturated/α-hetero) is 1. The van der Waals surface area contributed by atoms with Crippen LogP contribution < -0.4 is 0 Å². The van der Waals surface area contributed by atoms with E-state index < -0.39 is 16.2 Å². The first-order valence-electron chi connectivity index (χ1n) is 11.3. The van der Waals surface area contributed by atoms with E-state index in [4.69, 9.17) is 23.1 Å². The van der Waals surface area contributed by atoms with Crippen LogP contribution in [0.1, 0.15) is 51.4 Å². The van der Waals surface area contributed by atoms with Gasteiger partial charge in [-0.1, -0.05) is 0 Å². The molecule has 30 heavy (non-hydrogen) atoms. The van der Waals surface area contributed by atoms with Crippen LogP contribution >= 0.6 is 0 Å². The monoisotopic (exact) mass is 446 g/mol. The van der Waals surface area contributed by atoms with Crippen molar-refractivity contribution in [2.24, 2.45) is 23.7 Å². The van der Waals surface area contributed by atoms with Gasteiger partial charge in [0.25, 0.3) is 10.1 Å². The zero-order valence-corrected chi connectivity index (χ0v) is 18.5. The minimum atomic E-state index is -3.69. The molecule has 2 heterocycles. The highest BCUT2D eigenvalue weighted by Gasteiger charge is 2.55. The lowest BCUT2D eigenvalue weighted by atomic mass is 9.56. The van der Waals surface area contributed by atoms with Crippen LogP contribution in [0.5, 0.6) is 0 Å². The third-order valence-electron chi connectivity index (χ3n) is 7.00. The van der Waals surface area contributed by atoms with Crippen molar-refractivity contribution >= 4 is 15.9 Å². The second kappa shape index (κ2) is 9.92. The molecule has 7 atom stereocenters. The summed E-state index contributed by atoms with van der Waals surface area (Å²) in [6.45, 7) is 2.50. The molecule has 2 aliphatic heterocycles. The first-order valence-corrected chi connectivity index (χ1v) is 13.1. The molecule has 0 aromatic heterocycles. The Balaban J connectivity index is 1.39. The van der Waals surface area contributed by atoms with Crippen molar-refractivity contribution in [3.63, 3.8) is 0 Å². The van der Waals surface area contributed by atoms with Gasteiger partial charge in [0, 0.05) is 19.6 Å². The summed E-state index contributed by atoms with van der Waals surface area (Å²) in [5, 5.41) is 0. The summed E-state index contributed by atoms with van der Waals surface area (Å²) in [7, 11) is -3.69. The summed E-state index contributed by atoms with van der Waals surface area (Å²) in [5.74, 6) is 0.480. The Labute approximate surface area is 179 Å². The lowest BCUT2D eigenvalue weighted by Gasteiger charge is -2.51. The maximum atomic E-state index is 12.7. The predicted octanol–water partition coefficient (Wildman–Crippen LogP) is 2.26. The smallest absolute Gasteiger partial charge is 0.265 e. The highest BCUT2D eigenvalue weighted by Crippen LogP contribution is 2.53. The van der Waals surface area contributed by atoms with E-state index in [9.17, 15) is 13.2 Å². The van der Waals surface area contributed by atoms with Crippen molar-refractivity contribution in [3.8, 4) is 0 Å². The van der Waals surface area contributed by atoms with E-state index >= 15 is 0 Å². The van der Waals surface area contributed by atoms with Gasteiger partial charge in [-0.2, -0.15) is 8.42 Å². The van der Waals surface area contributed by atoms with Crippen molar-refractivity contribution in [3.05, 3.63) is 0 Å². The van der Waals surface area contributed by atoms with Crippen molar-refractivity contribution in [2.75, 3.05) is 32.7 Å². The van der Waals surface area contributed by atoms with E-state index in [0.29, 0.717) is 26.1 Å². The van der Waals surface area contributed by atoms with Gasteiger partial charge in [0.2, 0.25) is 0 Å². The number of hydrogen-bond acceptors (Lipinski definition) is 8. The average molecular weight is 447 g/mol. The second-order valence-corrected chi connectivity index (χ2v) is 10.7. The van der Waals surface area contributed by atoms with Gasteiger partial charge in [-0.25, -0.2) is 0 Å². The summed E-state index contributed by atoms with van der Waals surface area (Å²) in [4.78, 5) is 12.7. The molecule has 0 aromatic rings. The Hall–Kier alpha value is -0.580. The van der Waals surface area contributed by atoms with Gasteiger partial charge in [-0.15, -0.1) is 0 Å². The largest absolute Gasteiger partial charge is 0.353 e. The molecule has 9 heteroatoms. The van der Waals surface area contributed by atoms with E-state index in [1.165, 1.54) is 0 Å². The van der Waals surface area contributed by atoms with E-state index in [1.807, 2.05) is 0 Å². The quantitative estimate of drug-likeness (QED) is 0.524. The number of carbonyl (C=O) groups excluding carboxylic acids is 1. The fourth-order valence-corrected chi connectivity index (χ4v) is 6.05. The highest BCUT2D eigenvalue weighted by atomic mass is 32.2. The molecule has 0 amide bonds. The third-order valence-corrected chi connectivity index (χ3v) is 7.58. The van der Waals surface area contributed by atoms with Crippen LogP contribution in [0.15, 0.2) is 0 Å². The fourth-order valence-electron chi connectivity index (χ4n) is 5.44. The molecule has 3 saturated carbocycles. The van der Waals surface area contributed by atoms with Crippen LogP contribution in [0.3, 0.4) is 0 Å². The van der Waals surface area contributed by atoms with Crippen molar-refractivity contribution < 1.29 is 36.3 Å². The molecule has 5 aliphatic rings. The Morgan fingerprint density at radius 1 is 0.900 bits per heavy atom. The highest BCUT2D eigenvalue weighted by molar-refractivity contribution is 7.86. The maximum Gasteiger partial charge on any atom is 0.265 e. The summed E-state index contributed by atoms with van der Waals surface area (Å²) in [5.41, 5.74) is 0. The molecule has 5 unspecified atom stereocenters. The first-order chi connectivity index (χ1) is 14.4. The number of hydrogen-bond donors (Lipinski definition) is 0. The molecule has 5 rings (SSSR count). The molecule has 5 fully saturated rings. The summed E-state index contributed by atoms with van der Waals surface area (Å²) >= 11 is 0. The normalized spacial score (nSPS) is 39.9. The first kappa shape index (κ1) is 22.6. The summed E-state index contributed by atoms with van der Waals surface area (Å²) in [6, 6.07) is 0. The lowest BCUT2D eigenvalue weighted by molar-refractivity contribution is -0.213. The van der Waals surface area contributed by atoms with Crippen molar-refractivity contribution in [1.82, 2.24) is 0 Å². The molecular formula is C21H34O8S. The predicted molar refractivity (Wildman–Crippen MR) is 107 cm³/mol. The molecular weight excluding hydrogens is 412 g/mol. The van der Waals surface area contributed by atoms with Crippen LogP contribution in [0.4, 0.5) is 0 Å². The molecule has 2 bridgehead atoms. The number of rotatable bonds is 8. The molecule has 0 radical (unpaired) electrons. The molecule has 0 N–H and O–H groups in total. The topological polar surface area (TPSA) is 97.4 Å². The molecule has 0 spiro atoms. The van der Waals surface area contributed by atoms with Gasteiger partial charge in [0.15, 0.2) is 18.4 Å². The number of ketones is 1. The second-order valence-electron chi connectivity index (χ2n) is 9.11. The Morgan fingerprint density at radius 3 is 1.93 bits per heavy atom. The lowest BCUT2D eigenvalue weighted by Crippen LogP contribution is -2.51. The van der Waals surface area contributed by atoms with Gasteiger partial charge >= 0.3 is 0 Å². The van der Waals surface area contributed by atoms with E-state index in [0.717, 1.165) is 58.0 Å². The minimum Gasteiger partial charge on any atom is -0.353 e. The number of fused-ring (bicyclic) bond motifs is 3. The standard InChI is InChI=1S/C21H34O8S/c1-30(23,24)29-19-11-15-16(12-27-20-6-2-4-8-25-20)14(10-18(19)22)17(15)13-28-21-7-3-5-9-26-21/h14-17,19-21H,2-13H2,1H3/t14?,15?,16-,17+,19?,20?,21?. The maximum absolute atomic E-state index is 12.7. The van der Waals surface area contributed by atoms with E-state index in [-0.39, 0.29) is 42.0 Å². The summed E-state index contributed by atoms with van der Waals surface area (Å²) < 4.78 is 51.9. The van der Waals surface area contributed by atoms with Crippen molar-refractivity contribution in [2.45, 2.75) is 70.1 Å². The molecule has 3 aliphatic carbocycles.